The van der Waals surface area contributed by atoms with Crippen molar-refractivity contribution >= 4 is 17.3 Å². The Morgan fingerprint density at radius 1 is 1.10 bits per heavy atom. The Hall–Kier alpha value is -2.53. The standard InChI is InChI=1S/C24H29N3O2/c1-23(10-11-23)24(12-13-24)16-27-14-19(15-27)29-18-8-6-17(7-9-18)22(28)26-21-5-3-2-4-20(21)25/h2-9,19H,10-16,25H2,1H3,(H,26,28). The third-order valence-electron chi connectivity index (χ3n) is 7.21. The summed E-state index contributed by atoms with van der Waals surface area (Å²) >= 11 is 0. The van der Waals surface area contributed by atoms with E-state index in [-0.39, 0.29) is 12.0 Å². The van der Waals surface area contributed by atoms with Gasteiger partial charge in [0.05, 0.1) is 11.4 Å². The van der Waals surface area contributed by atoms with E-state index in [1.165, 1.54) is 32.2 Å². The number of carbonyl (C=O) groups excluding carboxylic acids is 1. The Balaban J connectivity index is 1.11. The number of amides is 1. The minimum absolute atomic E-state index is 0.174. The van der Waals surface area contributed by atoms with E-state index in [2.05, 4.69) is 17.1 Å². The lowest BCUT2D eigenvalue weighted by Gasteiger charge is -2.42. The first-order valence-corrected chi connectivity index (χ1v) is 10.6. The molecule has 2 saturated carbocycles. The summed E-state index contributed by atoms with van der Waals surface area (Å²) < 4.78 is 6.10. The quantitative estimate of drug-likeness (QED) is 0.696. The van der Waals surface area contributed by atoms with Crippen LogP contribution in [0.5, 0.6) is 5.75 Å². The van der Waals surface area contributed by atoms with E-state index in [9.17, 15) is 4.79 Å². The summed E-state index contributed by atoms with van der Waals surface area (Å²) in [6.45, 7) is 5.73. The summed E-state index contributed by atoms with van der Waals surface area (Å²) in [6.07, 6.45) is 5.89. The van der Waals surface area contributed by atoms with Gasteiger partial charge in [-0.15, -0.1) is 0 Å². The second-order valence-electron chi connectivity index (χ2n) is 9.34. The molecule has 0 aromatic heterocycles. The number of carbonyl (C=O) groups is 1. The van der Waals surface area contributed by atoms with Crippen molar-refractivity contribution in [3.63, 3.8) is 0 Å². The highest BCUT2D eigenvalue weighted by atomic mass is 16.5. The van der Waals surface area contributed by atoms with Crippen molar-refractivity contribution < 1.29 is 9.53 Å². The number of nitrogen functional groups attached to an aromatic ring is 1. The summed E-state index contributed by atoms with van der Waals surface area (Å²) in [4.78, 5) is 15.0. The molecule has 0 radical (unpaired) electrons. The van der Waals surface area contributed by atoms with Gasteiger partial charge in [-0.05, 0) is 72.9 Å². The van der Waals surface area contributed by atoms with Gasteiger partial charge in [-0.2, -0.15) is 0 Å². The van der Waals surface area contributed by atoms with Gasteiger partial charge < -0.3 is 15.8 Å². The molecule has 2 aromatic rings. The molecular weight excluding hydrogens is 362 g/mol. The zero-order valence-electron chi connectivity index (χ0n) is 17.0. The normalized spacial score (nSPS) is 21.8. The van der Waals surface area contributed by atoms with E-state index >= 15 is 0 Å². The van der Waals surface area contributed by atoms with Crippen LogP contribution in [0, 0.1) is 10.8 Å². The zero-order valence-corrected chi connectivity index (χ0v) is 17.0. The third kappa shape index (κ3) is 3.60. The molecule has 1 amide bonds. The topological polar surface area (TPSA) is 67.6 Å². The molecule has 0 spiro atoms. The van der Waals surface area contributed by atoms with Crippen molar-refractivity contribution in [2.75, 3.05) is 30.7 Å². The van der Waals surface area contributed by atoms with Gasteiger partial charge in [0.25, 0.3) is 5.91 Å². The van der Waals surface area contributed by atoms with Crippen molar-refractivity contribution in [3.8, 4) is 5.75 Å². The first kappa shape index (κ1) is 18.5. The molecule has 5 heteroatoms. The molecule has 5 nitrogen and oxygen atoms in total. The maximum Gasteiger partial charge on any atom is 0.255 e. The molecule has 1 heterocycles. The van der Waals surface area contributed by atoms with Gasteiger partial charge in [0, 0.05) is 25.2 Å². The number of nitrogens with two attached hydrogens (primary N) is 1. The lowest BCUT2D eigenvalue weighted by atomic mass is 9.86. The highest BCUT2D eigenvalue weighted by Crippen LogP contribution is 2.70. The van der Waals surface area contributed by atoms with Crippen LogP contribution in [0.15, 0.2) is 48.5 Å². The number of benzene rings is 2. The first-order valence-electron chi connectivity index (χ1n) is 10.6. The average Bonchev–Trinajstić information content (AvgIpc) is 3.60. The predicted molar refractivity (Wildman–Crippen MR) is 115 cm³/mol. The Bertz CT molecular complexity index is 910. The first-order chi connectivity index (χ1) is 14.0. The second-order valence-corrected chi connectivity index (χ2v) is 9.34. The minimum atomic E-state index is -0.174. The Kier molecular flexibility index (Phi) is 4.32. The Morgan fingerprint density at radius 3 is 2.41 bits per heavy atom. The van der Waals surface area contributed by atoms with Crippen molar-refractivity contribution in [2.45, 2.75) is 38.7 Å². The zero-order chi connectivity index (χ0) is 20.1. The van der Waals surface area contributed by atoms with Gasteiger partial charge in [0.2, 0.25) is 0 Å². The molecule has 29 heavy (non-hydrogen) atoms. The molecule has 0 bridgehead atoms. The summed E-state index contributed by atoms with van der Waals surface area (Å²) in [6, 6.07) is 14.6. The van der Waals surface area contributed by atoms with Crippen LogP contribution in [0.25, 0.3) is 0 Å². The van der Waals surface area contributed by atoms with E-state index in [0.717, 1.165) is 18.8 Å². The minimum Gasteiger partial charge on any atom is -0.488 e. The van der Waals surface area contributed by atoms with Crippen LogP contribution >= 0.6 is 0 Å². The van der Waals surface area contributed by atoms with Crippen molar-refractivity contribution in [1.82, 2.24) is 4.90 Å². The summed E-state index contributed by atoms with van der Waals surface area (Å²) in [5.41, 5.74) is 8.89. The number of anilines is 2. The summed E-state index contributed by atoms with van der Waals surface area (Å²) in [5.74, 6) is 0.647. The van der Waals surface area contributed by atoms with Gasteiger partial charge in [0.15, 0.2) is 0 Å². The fraction of sp³-hybridized carbons (Fsp3) is 0.458. The Morgan fingerprint density at radius 2 is 1.79 bits per heavy atom. The molecule has 3 fully saturated rings. The van der Waals surface area contributed by atoms with Crippen LogP contribution in [0.2, 0.25) is 0 Å². The number of likely N-dealkylation sites (tertiary alicyclic amines) is 1. The molecule has 3 aliphatic rings. The van der Waals surface area contributed by atoms with E-state index in [0.29, 0.717) is 27.8 Å². The van der Waals surface area contributed by atoms with Crippen LogP contribution in [0.4, 0.5) is 11.4 Å². The molecule has 2 aliphatic carbocycles. The largest absolute Gasteiger partial charge is 0.488 e. The molecule has 0 unspecified atom stereocenters. The van der Waals surface area contributed by atoms with E-state index in [4.69, 9.17) is 10.5 Å². The maximum absolute atomic E-state index is 12.4. The van der Waals surface area contributed by atoms with Gasteiger partial charge in [0.1, 0.15) is 11.9 Å². The molecule has 0 atom stereocenters. The van der Waals surface area contributed by atoms with Gasteiger partial charge in [-0.1, -0.05) is 19.1 Å². The van der Waals surface area contributed by atoms with Crippen LogP contribution in [-0.2, 0) is 0 Å². The second kappa shape index (κ2) is 6.77. The van der Waals surface area contributed by atoms with Gasteiger partial charge in [-0.3, -0.25) is 9.69 Å². The van der Waals surface area contributed by atoms with Crippen molar-refractivity contribution in [2.24, 2.45) is 10.8 Å². The predicted octanol–water partition coefficient (Wildman–Crippen LogP) is 4.16. The fourth-order valence-corrected chi connectivity index (χ4v) is 4.66. The molecule has 1 aliphatic heterocycles. The molecule has 152 valence electrons. The number of hydrogen-bond acceptors (Lipinski definition) is 4. The number of nitrogens with one attached hydrogen (secondary N) is 1. The monoisotopic (exact) mass is 391 g/mol. The number of rotatable bonds is 7. The highest BCUT2D eigenvalue weighted by molar-refractivity contribution is 6.05. The smallest absolute Gasteiger partial charge is 0.255 e. The molecule has 2 aromatic carbocycles. The number of para-hydroxylation sites is 2. The molecule has 1 saturated heterocycles. The van der Waals surface area contributed by atoms with Crippen LogP contribution in [0.1, 0.15) is 43.0 Å². The number of hydrogen-bond donors (Lipinski definition) is 2. The Labute approximate surface area is 172 Å². The lowest BCUT2D eigenvalue weighted by Crippen LogP contribution is -2.55. The molecule has 5 rings (SSSR count). The average molecular weight is 392 g/mol. The third-order valence-corrected chi connectivity index (χ3v) is 7.21. The molecular formula is C24H29N3O2. The van der Waals surface area contributed by atoms with E-state index in [1.54, 1.807) is 24.3 Å². The lowest BCUT2D eigenvalue weighted by molar-refractivity contribution is -0.00154. The SMILES string of the molecule is CC1(C2(CN3CC(Oc4ccc(C(=O)Nc5ccccc5N)cc4)C3)CC2)CC1. The van der Waals surface area contributed by atoms with Crippen LogP contribution in [0.3, 0.4) is 0 Å². The number of ether oxygens (including phenoxy) is 1. The summed E-state index contributed by atoms with van der Waals surface area (Å²) in [7, 11) is 0. The highest BCUT2D eigenvalue weighted by Gasteiger charge is 2.63. The van der Waals surface area contributed by atoms with Crippen LogP contribution in [-0.4, -0.2) is 36.5 Å². The van der Waals surface area contributed by atoms with Crippen LogP contribution < -0.4 is 15.8 Å². The van der Waals surface area contributed by atoms with E-state index < -0.39 is 0 Å². The van der Waals surface area contributed by atoms with Crippen molar-refractivity contribution in [1.29, 1.82) is 0 Å². The van der Waals surface area contributed by atoms with Gasteiger partial charge in [-0.25, -0.2) is 0 Å². The van der Waals surface area contributed by atoms with E-state index in [1.807, 2.05) is 24.3 Å². The van der Waals surface area contributed by atoms with Crippen molar-refractivity contribution in [3.05, 3.63) is 54.1 Å². The summed E-state index contributed by atoms with van der Waals surface area (Å²) in [5, 5.41) is 2.85. The van der Waals surface area contributed by atoms with Gasteiger partial charge >= 0.3 is 0 Å². The maximum atomic E-state index is 12.4. The fourth-order valence-electron chi connectivity index (χ4n) is 4.66. The molecule has 3 N–H and O–H groups in total. The number of nitrogens with zero attached hydrogens (tertiary/aromatic N) is 1.